The summed E-state index contributed by atoms with van der Waals surface area (Å²) in [5, 5.41) is 15.1. The maximum absolute atomic E-state index is 6.66. The van der Waals surface area contributed by atoms with Crippen LogP contribution in [0.1, 0.15) is 35.6 Å². The number of fused-ring (bicyclic) bond motifs is 1. The molecule has 1 aliphatic rings. The van der Waals surface area contributed by atoms with Crippen molar-refractivity contribution in [1.29, 1.82) is 0 Å². The highest BCUT2D eigenvalue weighted by Crippen LogP contribution is 2.47. The van der Waals surface area contributed by atoms with Gasteiger partial charge in [0.2, 0.25) is 0 Å². The van der Waals surface area contributed by atoms with E-state index in [1.165, 1.54) is 18.4 Å². The van der Waals surface area contributed by atoms with Crippen LogP contribution in [-0.4, -0.2) is 31.5 Å². The SMILES string of the molecule is COc1ccc(CNc2nnc(C)c3cc(-c4cc(Cl)c(C5CC5)cc4OC)ccc23)c(OC)c1. The van der Waals surface area contributed by atoms with Crippen molar-refractivity contribution < 1.29 is 14.2 Å². The summed E-state index contributed by atoms with van der Waals surface area (Å²) in [5.74, 6) is 3.60. The molecule has 7 heteroatoms. The number of rotatable bonds is 8. The van der Waals surface area contributed by atoms with E-state index in [2.05, 4.69) is 39.8 Å². The molecule has 0 amide bonds. The predicted octanol–water partition coefficient (Wildman–Crippen LogP) is 6.77. The van der Waals surface area contributed by atoms with Crippen LogP contribution >= 0.6 is 11.6 Å². The molecule has 35 heavy (non-hydrogen) atoms. The lowest BCUT2D eigenvalue weighted by Crippen LogP contribution is -2.06. The molecule has 0 saturated heterocycles. The average molecular weight is 490 g/mol. The molecule has 0 aliphatic heterocycles. The van der Waals surface area contributed by atoms with E-state index in [1.54, 1.807) is 21.3 Å². The molecule has 1 heterocycles. The fourth-order valence-corrected chi connectivity index (χ4v) is 4.75. The van der Waals surface area contributed by atoms with Gasteiger partial charge < -0.3 is 19.5 Å². The molecular formula is C28H28ClN3O3. The Balaban J connectivity index is 1.49. The Morgan fingerprint density at radius 3 is 2.40 bits per heavy atom. The van der Waals surface area contributed by atoms with Crippen LogP contribution < -0.4 is 19.5 Å². The molecule has 6 nitrogen and oxygen atoms in total. The predicted molar refractivity (Wildman–Crippen MR) is 140 cm³/mol. The molecule has 1 N–H and O–H groups in total. The second-order valence-corrected chi connectivity index (χ2v) is 9.18. The van der Waals surface area contributed by atoms with Crippen LogP contribution in [0.25, 0.3) is 21.9 Å². The minimum atomic E-state index is 0.536. The topological polar surface area (TPSA) is 65.5 Å². The van der Waals surface area contributed by atoms with Crippen LogP contribution in [0.5, 0.6) is 17.2 Å². The summed E-state index contributed by atoms with van der Waals surface area (Å²) in [6, 6.07) is 16.2. The van der Waals surface area contributed by atoms with Gasteiger partial charge in [-0.25, -0.2) is 0 Å². The number of ether oxygens (including phenoxy) is 3. The highest BCUT2D eigenvalue weighted by atomic mass is 35.5. The maximum Gasteiger partial charge on any atom is 0.156 e. The zero-order valence-corrected chi connectivity index (χ0v) is 21.1. The summed E-state index contributed by atoms with van der Waals surface area (Å²) in [5.41, 5.74) is 5.02. The van der Waals surface area contributed by atoms with Gasteiger partial charge in [0.05, 0.1) is 27.0 Å². The number of methoxy groups -OCH3 is 3. The van der Waals surface area contributed by atoms with Gasteiger partial charge in [-0.3, -0.25) is 0 Å². The first-order valence-electron chi connectivity index (χ1n) is 11.6. The van der Waals surface area contributed by atoms with Crippen molar-refractivity contribution in [1.82, 2.24) is 10.2 Å². The van der Waals surface area contributed by atoms with E-state index in [4.69, 9.17) is 25.8 Å². The van der Waals surface area contributed by atoms with E-state index < -0.39 is 0 Å². The lowest BCUT2D eigenvalue weighted by Gasteiger charge is -2.15. The molecule has 1 saturated carbocycles. The molecule has 0 bridgehead atoms. The standard InChI is InChI=1S/C28H28ClN3O3/c1-16-22-11-18(24-13-25(29)23(17-5-6-17)14-27(24)35-4)8-10-21(22)28(32-31-16)30-15-19-7-9-20(33-2)12-26(19)34-3/h7-14,17H,5-6,15H2,1-4H3,(H,30,32). The summed E-state index contributed by atoms with van der Waals surface area (Å²) in [4.78, 5) is 0. The minimum absolute atomic E-state index is 0.536. The van der Waals surface area contributed by atoms with Crippen LogP contribution in [0.3, 0.4) is 0 Å². The molecule has 3 aromatic carbocycles. The van der Waals surface area contributed by atoms with Crippen LogP contribution in [0.4, 0.5) is 5.82 Å². The Hall–Kier alpha value is -3.51. The summed E-state index contributed by atoms with van der Waals surface area (Å²) in [7, 11) is 5.00. The van der Waals surface area contributed by atoms with Crippen molar-refractivity contribution in [2.24, 2.45) is 0 Å². The molecule has 1 fully saturated rings. The Morgan fingerprint density at radius 2 is 1.69 bits per heavy atom. The molecule has 1 aliphatic carbocycles. The number of aromatic nitrogens is 2. The van der Waals surface area contributed by atoms with Gasteiger partial charge >= 0.3 is 0 Å². The fourth-order valence-electron chi connectivity index (χ4n) is 4.43. The summed E-state index contributed by atoms with van der Waals surface area (Å²) >= 11 is 6.66. The number of nitrogens with one attached hydrogen (secondary N) is 1. The van der Waals surface area contributed by atoms with Gasteiger partial charge in [-0.2, -0.15) is 5.10 Å². The van der Waals surface area contributed by atoms with Crippen LogP contribution in [-0.2, 0) is 6.54 Å². The Bertz CT molecular complexity index is 1400. The first-order chi connectivity index (χ1) is 17.0. The average Bonchev–Trinajstić information content (AvgIpc) is 3.73. The number of benzene rings is 3. The number of halogens is 1. The van der Waals surface area contributed by atoms with Gasteiger partial charge in [-0.15, -0.1) is 5.10 Å². The van der Waals surface area contributed by atoms with Crippen molar-refractivity contribution in [3.8, 4) is 28.4 Å². The number of nitrogens with zero attached hydrogens (tertiary/aromatic N) is 2. The van der Waals surface area contributed by atoms with Crippen LogP contribution in [0.2, 0.25) is 5.02 Å². The first kappa shape index (κ1) is 23.2. The van der Waals surface area contributed by atoms with Gasteiger partial charge in [-0.1, -0.05) is 17.7 Å². The van der Waals surface area contributed by atoms with Crippen molar-refractivity contribution >= 4 is 28.2 Å². The van der Waals surface area contributed by atoms with Gasteiger partial charge in [0.1, 0.15) is 17.2 Å². The second kappa shape index (κ2) is 9.62. The largest absolute Gasteiger partial charge is 0.497 e. The zero-order chi connectivity index (χ0) is 24.5. The quantitative estimate of drug-likeness (QED) is 0.294. The summed E-state index contributed by atoms with van der Waals surface area (Å²) < 4.78 is 16.6. The lowest BCUT2D eigenvalue weighted by atomic mass is 9.98. The van der Waals surface area contributed by atoms with Crippen LogP contribution in [0, 0.1) is 6.92 Å². The van der Waals surface area contributed by atoms with Gasteiger partial charge in [0, 0.05) is 39.5 Å². The van der Waals surface area contributed by atoms with Crippen LogP contribution in [0.15, 0.2) is 48.5 Å². The molecule has 5 rings (SSSR count). The fraction of sp³-hybridized carbons (Fsp3) is 0.286. The van der Waals surface area contributed by atoms with E-state index in [0.29, 0.717) is 18.3 Å². The molecular weight excluding hydrogens is 462 g/mol. The monoisotopic (exact) mass is 489 g/mol. The third kappa shape index (κ3) is 4.58. The van der Waals surface area contributed by atoms with E-state index in [9.17, 15) is 0 Å². The van der Waals surface area contributed by atoms with E-state index in [0.717, 1.165) is 55.4 Å². The first-order valence-corrected chi connectivity index (χ1v) is 12.0. The number of hydrogen-bond acceptors (Lipinski definition) is 6. The third-order valence-electron chi connectivity index (χ3n) is 6.55. The van der Waals surface area contributed by atoms with Crippen molar-refractivity contribution in [3.05, 3.63) is 70.4 Å². The van der Waals surface area contributed by atoms with E-state index in [-0.39, 0.29) is 0 Å². The Morgan fingerprint density at radius 1 is 0.886 bits per heavy atom. The van der Waals surface area contributed by atoms with Gasteiger partial charge in [0.25, 0.3) is 0 Å². The molecule has 1 aromatic heterocycles. The number of anilines is 1. The van der Waals surface area contributed by atoms with E-state index >= 15 is 0 Å². The normalized spacial score (nSPS) is 13.1. The van der Waals surface area contributed by atoms with Crippen molar-refractivity contribution in [2.75, 3.05) is 26.6 Å². The molecule has 0 spiro atoms. The zero-order valence-electron chi connectivity index (χ0n) is 20.3. The third-order valence-corrected chi connectivity index (χ3v) is 6.88. The number of aryl methyl sites for hydroxylation is 1. The van der Waals surface area contributed by atoms with Crippen molar-refractivity contribution in [3.63, 3.8) is 0 Å². The maximum atomic E-state index is 6.66. The molecule has 0 atom stereocenters. The summed E-state index contributed by atoms with van der Waals surface area (Å²) in [6.45, 7) is 2.50. The second-order valence-electron chi connectivity index (χ2n) is 8.77. The number of hydrogen-bond donors (Lipinski definition) is 1. The van der Waals surface area contributed by atoms with Gasteiger partial charge in [0.15, 0.2) is 5.82 Å². The molecule has 0 unspecified atom stereocenters. The summed E-state index contributed by atoms with van der Waals surface area (Å²) in [6.07, 6.45) is 2.38. The smallest absolute Gasteiger partial charge is 0.156 e. The lowest BCUT2D eigenvalue weighted by molar-refractivity contribution is 0.391. The van der Waals surface area contributed by atoms with E-state index in [1.807, 2.05) is 31.2 Å². The highest BCUT2D eigenvalue weighted by Gasteiger charge is 2.27. The molecule has 4 aromatic rings. The Kier molecular flexibility index (Phi) is 6.39. The van der Waals surface area contributed by atoms with Gasteiger partial charge in [-0.05, 0) is 73.2 Å². The molecule has 0 radical (unpaired) electrons. The highest BCUT2D eigenvalue weighted by molar-refractivity contribution is 6.32. The van der Waals surface area contributed by atoms with Crippen molar-refractivity contribution in [2.45, 2.75) is 32.2 Å². The minimum Gasteiger partial charge on any atom is -0.497 e. The molecule has 180 valence electrons. The Labute approximate surface area is 210 Å².